The van der Waals surface area contributed by atoms with Crippen LogP contribution in [0.5, 0.6) is 0 Å². The molecule has 8 heteroatoms. The zero-order valence-electron chi connectivity index (χ0n) is 21.0. The third kappa shape index (κ3) is 8.32. The summed E-state index contributed by atoms with van der Waals surface area (Å²) in [6, 6.07) is 7.35. The highest BCUT2D eigenvalue weighted by molar-refractivity contribution is 7.17. The minimum absolute atomic E-state index is 0.0000148. The maximum Gasteiger partial charge on any atom is 0.306 e. The summed E-state index contributed by atoms with van der Waals surface area (Å²) >= 11 is 1.63. The molecule has 3 rings (SSSR count). The Labute approximate surface area is 211 Å². The van der Waals surface area contributed by atoms with Gasteiger partial charge in [-0.25, -0.2) is 0 Å². The highest BCUT2D eigenvalue weighted by Gasteiger charge is 2.29. The van der Waals surface area contributed by atoms with E-state index in [1.54, 1.807) is 11.3 Å². The second-order valence-electron chi connectivity index (χ2n) is 9.76. The van der Waals surface area contributed by atoms with Gasteiger partial charge < -0.3 is 20.1 Å². The minimum Gasteiger partial charge on any atom is -0.469 e. The molecule has 192 valence electrons. The summed E-state index contributed by atoms with van der Waals surface area (Å²) < 4.78 is 11.4. The normalized spacial score (nSPS) is 16.1. The first-order valence-electron chi connectivity index (χ1n) is 12.5. The fraction of sp³-hybridized carbons (Fsp3) is 0.593. The van der Waals surface area contributed by atoms with Crippen LogP contribution in [-0.2, 0) is 30.3 Å². The van der Waals surface area contributed by atoms with Crippen molar-refractivity contribution in [1.82, 2.24) is 10.6 Å². The van der Waals surface area contributed by atoms with Crippen molar-refractivity contribution in [3.63, 3.8) is 0 Å². The number of methoxy groups -OCH3 is 1. The average molecular weight is 503 g/mol. The summed E-state index contributed by atoms with van der Waals surface area (Å²) in [7, 11) is 1.32. The zero-order valence-corrected chi connectivity index (χ0v) is 21.8. The van der Waals surface area contributed by atoms with Gasteiger partial charge in [0.05, 0.1) is 13.5 Å². The molecule has 1 aromatic heterocycles. The van der Waals surface area contributed by atoms with Crippen molar-refractivity contribution in [3.05, 3.63) is 35.2 Å². The van der Waals surface area contributed by atoms with E-state index >= 15 is 0 Å². The number of carbonyl (C=O) groups excluding carboxylic acids is 3. The van der Waals surface area contributed by atoms with Crippen molar-refractivity contribution < 1.29 is 23.9 Å². The molecule has 0 saturated carbocycles. The molecule has 1 unspecified atom stereocenters. The lowest BCUT2D eigenvalue weighted by molar-refractivity contribution is -0.144. The topological polar surface area (TPSA) is 93.7 Å². The van der Waals surface area contributed by atoms with Crippen molar-refractivity contribution >= 4 is 39.2 Å². The quantitative estimate of drug-likeness (QED) is 0.427. The van der Waals surface area contributed by atoms with Gasteiger partial charge in [-0.3, -0.25) is 14.4 Å². The van der Waals surface area contributed by atoms with E-state index in [0.717, 1.165) is 48.1 Å². The van der Waals surface area contributed by atoms with Crippen molar-refractivity contribution in [2.45, 2.75) is 58.4 Å². The van der Waals surface area contributed by atoms with Crippen LogP contribution in [-0.4, -0.2) is 50.7 Å². The van der Waals surface area contributed by atoms with E-state index in [0.29, 0.717) is 25.3 Å². The van der Waals surface area contributed by atoms with Gasteiger partial charge in [0.15, 0.2) is 0 Å². The predicted molar refractivity (Wildman–Crippen MR) is 138 cm³/mol. The van der Waals surface area contributed by atoms with E-state index in [4.69, 9.17) is 9.47 Å². The summed E-state index contributed by atoms with van der Waals surface area (Å²) in [5.41, 5.74) is 1.03. The average Bonchev–Trinajstić information content (AvgIpc) is 3.26. The second-order valence-corrected chi connectivity index (χ2v) is 10.7. The van der Waals surface area contributed by atoms with Gasteiger partial charge in [-0.2, -0.15) is 0 Å². The molecule has 0 bridgehead atoms. The third-order valence-electron chi connectivity index (χ3n) is 6.58. The number of ether oxygens (including phenoxy) is 2. The number of rotatable bonds is 12. The zero-order chi connectivity index (χ0) is 25.2. The van der Waals surface area contributed by atoms with E-state index in [-0.39, 0.29) is 24.2 Å². The first-order valence-corrected chi connectivity index (χ1v) is 13.4. The standard InChI is InChI=1S/C27H38N2O5S/c1-18(2)14-20(16-25(30)33-3)26(31)29-23(15-21-17-35-24-7-5-4-6-22(21)24)27(32)28-11-8-19-9-12-34-13-10-19/h4-7,17-20,23H,8-16H2,1-3H3,(H,28,32)(H,29,31)/t20?,23-/m0/s1. The highest BCUT2D eigenvalue weighted by atomic mass is 32.1. The summed E-state index contributed by atoms with van der Waals surface area (Å²) in [4.78, 5) is 38.4. The molecule has 1 aliphatic heterocycles. The van der Waals surface area contributed by atoms with E-state index in [1.165, 1.54) is 7.11 Å². The van der Waals surface area contributed by atoms with Crippen LogP contribution in [0.15, 0.2) is 29.6 Å². The number of esters is 1. The number of thiophene rings is 1. The van der Waals surface area contributed by atoms with Gasteiger partial charge >= 0.3 is 5.97 Å². The Bertz CT molecular complexity index is 983. The van der Waals surface area contributed by atoms with Gasteiger partial charge in [0.1, 0.15) is 6.04 Å². The number of carbonyl (C=O) groups is 3. The minimum atomic E-state index is -0.720. The molecule has 0 radical (unpaired) electrons. The molecule has 1 saturated heterocycles. The van der Waals surface area contributed by atoms with E-state index in [9.17, 15) is 14.4 Å². The largest absolute Gasteiger partial charge is 0.469 e. The van der Waals surface area contributed by atoms with Crippen LogP contribution in [0.3, 0.4) is 0 Å². The van der Waals surface area contributed by atoms with Crippen molar-refractivity contribution in [3.8, 4) is 0 Å². The van der Waals surface area contributed by atoms with Crippen LogP contribution in [0.1, 0.15) is 51.5 Å². The number of amides is 2. The molecule has 2 heterocycles. The summed E-state index contributed by atoms with van der Waals surface area (Å²) in [6.07, 6.45) is 3.87. The lowest BCUT2D eigenvalue weighted by Crippen LogP contribution is -2.50. The first kappa shape index (κ1) is 27.1. The lowest BCUT2D eigenvalue weighted by Gasteiger charge is -2.24. The van der Waals surface area contributed by atoms with Gasteiger partial charge in [-0.15, -0.1) is 11.3 Å². The summed E-state index contributed by atoms with van der Waals surface area (Å²) in [5, 5.41) is 9.17. The van der Waals surface area contributed by atoms with Gasteiger partial charge in [-0.05, 0) is 59.9 Å². The maximum atomic E-state index is 13.3. The molecule has 2 aromatic rings. The Morgan fingerprint density at radius 3 is 2.60 bits per heavy atom. The highest BCUT2D eigenvalue weighted by Crippen LogP contribution is 2.27. The van der Waals surface area contributed by atoms with Gasteiger partial charge in [0.2, 0.25) is 11.8 Å². The number of hydrogen-bond donors (Lipinski definition) is 2. The SMILES string of the molecule is COC(=O)CC(CC(C)C)C(=O)N[C@@H](Cc1csc2ccccc12)C(=O)NCCC1CCOCC1. The Hall–Kier alpha value is -2.45. The summed E-state index contributed by atoms with van der Waals surface area (Å²) in [6.45, 7) is 6.14. The van der Waals surface area contributed by atoms with Crippen LogP contribution < -0.4 is 10.6 Å². The predicted octanol–water partition coefficient (Wildman–Crippen LogP) is 4.09. The molecule has 1 aromatic carbocycles. The van der Waals surface area contributed by atoms with E-state index < -0.39 is 17.9 Å². The Morgan fingerprint density at radius 2 is 1.89 bits per heavy atom. The maximum absolute atomic E-state index is 13.3. The number of benzene rings is 1. The Morgan fingerprint density at radius 1 is 1.14 bits per heavy atom. The molecule has 2 atom stereocenters. The Balaban J connectivity index is 1.71. The third-order valence-corrected chi connectivity index (χ3v) is 7.59. The molecule has 0 aliphatic carbocycles. The van der Waals surface area contributed by atoms with Crippen molar-refractivity contribution in [2.75, 3.05) is 26.9 Å². The van der Waals surface area contributed by atoms with Gasteiger partial charge in [0.25, 0.3) is 0 Å². The molecular weight excluding hydrogens is 464 g/mol. The van der Waals surface area contributed by atoms with E-state index in [1.807, 2.05) is 32.0 Å². The molecule has 0 spiro atoms. The van der Waals surface area contributed by atoms with Crippen LogP contribution >= 0.6 is 11.3 Å². The first-order chi connectivity index (χ1) is 16.9. The smallest absolute Gasteiger partial charge is 0.306 e. The molecule has 1 aliphatic rings. The van der Waals surface area contributed by atoms with Gasteiger partial charge in [-0.1, -0.05) is 32.0 Å². The lowest BCUT2D eigenvalue weighted by atomic mass is 9.92. The molecule has 35 heavy (non-hydrogen) atoms. The fourth-order valence-corrected chi connectivity index (χ4v) is 5.58. The van der Waals surface area contributed by atoms with Gasteiger partial charge in [0, 0.05) is 36.8 Å². The summed E-state index contributed by atoms with van der Waals surface area (Å²) in [5.74, 6) is -0.669. The Kier molecular flexibility index (Phi) is 10.5. The van der Waals surface area contributed by atoms with Crippen molar-refractivity contribution in [1.29, 1.82) is 0 Å². The molecule has 2 N–H and O–H groups in total. The monoisotopic (exact) mass is 502 g/mol. The number of nitrogens with one attached hydrogen (secondary N) is 2. The second kappa shape index (κ2) is 13.6. The van der Waals surface area contributed by atoms with Crippen LogP contribution in [0.4, 0.5) is 0 Å². The molecule has 7 nitrogen and oxygen atoms in total. The number of hydrogen-bond acceptors (Lipinski definition) is 6. The van der Waals surface area contributed by atoms with Crippen molar-refractivity contribution in [2.24, 2.45) is 17.8 Å². The number of fused-ring (bicyclic) bond motifs is 1. The van der Waals surface area contributed by atoms with Crippen LogP contribution in [0.25, 0.3) is 10.1 Å². The van der Waals surface area contributed by atoms with Crippen LogP contribution in [0.2, 0.25) is 0 Å². The molecule has 1 fully saturated rings. The van der Waals surface area contributed by atoms with E-state index in [2.05, 4.69) is 22.1 Å². The van der Waals surface area contributed by atoms with Crippen LogP contribution in [0, 0.1) is 17.8 Å². The molecular formula is C27H38N2O5S. The molecule has 2 amide bonds. The fourth-order valence-electron chi connectivity index (χ4n) is 4.60.